The van der Waals surface area contributed by atoms with Crippen molar-refractivity contribution in [2.45, 2.75) is 64.3 Å². The number of carbonyl (C=O) groups is 1. The summed E-state index contributed by atoms with van der Waals surface area (Å²) >= 11 is 0. The van der Waals surface area contributed by atoms with Crippen molar-refractivity contribution < 1.29 is 4.79 Å². The molecule has 2 N–H and O–H groups in total. The highest BCUT2D eigenvalue weighted by Crippen LogP contribution is 2.29. The average Bonchev–Trinajstić information content (AvgIpc) is 2.89. The van der Waals surface area contributed by atoms with Gasteiger partial charge >= 0.3 is 0 Å². The average molecular weight is 289 g/mol. The number of halogens is 1. The van der Waals surface area contributed by atoms with Crippen LogP contribution in [0.4, 0.5) is 0 Å². The lowest BCUT2D eigenvalue weighted by Gasteiger charge is -2.34. The SMILES string of the molecule is CC(N)C1CCN(C(=O)CCC2CCCC2)CC1.Cl. The molecule has 19 heavy (non-hydrogen) atoms. The fourth-order valence-corrected chi connectivity index (χ4v) is 3.46. The standard InChI is InChI=1S/C15H28N2O.ClH/c1-12(16)14-8-10-17(11-9-14)15(18)7-6-13-4-2-3-5-13;/h12-14H,2-11,16H2,1H3;1H. The summed E-state index contributed by atoms with van der Waals surface area (Å²) in [4.78, 5) is 14.2. The number of carbonyl (C=O) groups excluding carboxylic acids is 1. The number of rotatable bonds is 4. The summed E-state index contributed by atoms with van der Waals surface area (Å²) in [7, 11) is 0. The van der Waals surface area contributed by atoms with Crippen molar-refractivity contribution in [3.63, 3.8) is 0 Å². The van der Waals surface area contributed by atoms with Gasteiger partial charge in [-0.15, -0.1) is 12.4 Å². The van der Waals surface area contributed by atoms with Gasteiger partial charge in [0.1, 0.15) is 0 Å². The van der Waals surface area contributed by atoms with Gasteiger partial charge in [-0.1, -0.05) is 25.7 Å². The number of nitrogens with zero attached hydrogens (tertiary/aromatic N) is 1. The van der Waals surface area contributed by atoms with Crippen molar-refractivity contribution in [1.82, 2.24) is 4.90 Å². The smallest absolute Gasteiger partial charge is 0.222 e. The summed E-state index contributed by atoms with van der Waals surface area (Å²) in [5, 5.41) is 0. The second-order valence-electron chi connectivity index (χ2n) is 6.27. The van der Waals surface area contributed by atoms with Crippen molar-refractivity contribution in [3.05, 3.63) is 0 Å². The highest BCUT2D eigenvalue weighted by atomic mass is 35.5. The van der Waals surface area contributed by atoms with Gasteiger partial charge in [-0.25, -0.2) is 0 Å². The number of hydrogen-bond donors (Lipinski definition) is 1. The van der Waals surface area contributed by atoms with E-state index in [0.717, 1.165) is 44.7 Å². The first-order valence-corrected chi connectivity index (χ1v) is 7.70. The van der Waals surface area contributed by atoms with Crippen LogP contribution in [0.2, 0.25) is 0 Å². The van der Waals surface area contributed by atoms with Crippen LogP contribution < -0.4 is 5.73 Å². The van der Waals surface area contributed by atoms with E-state index in [1.165, 1.54) is 25.7 Å². The minimum Gasteiger partial charge on any atom is -0.343 e. The molecule has 4 heteroatoms. The molecule has 1 saturated heterocycles. The van der Waals surface area contributed by atoms with Gasteiger partial charge in [-0.05, 0) is 38.0 Å². The molecule has 2 aliphatic rings. The molecule has 0 aromatic rings. The molecule has 0 spiro atoms. The molecule has 0 aromatic heterocycles. The molecule has 1 aliphatic carbocycles. The summed E-state index contributed by atoms with van der Waals surface area (Å²) < 4.78 is 0. The summed E-state index contributed by atoms with van der Waals surface area (Å²) in [6.45, 7) is 3.94. The fourth-order valence-electron chi connectivity index (χ4n) is 3.46. The highest BCUT2D eigenvalue weighted by Gasteiger charge is 2.25. The molecule has 0 bridgehead atoms. The van der Waals surface area contributed by atoms with Gasteiger partial charge in [0, 0.05) is 25.6 Å². The molecule has 2 rings (SSSR count). The first-order chi connectivity index (χ1) is 8.66. The number of piperidine rings is 1. The van der Waals surface area contributed by atoms with Crippen LogP contribution in [0.5, 0.6) is 0 Å². The lowest BCUT2D eigenvalue weighted by atomic mass is 9.90. The summed E-state index contributed by atoms with van der Waals surface area (Å²) in [5.41, 5.74) is 5.93. The zero-order valence-corrected chi connectivity index (χ0v) is 13.0. The minimum absolute atomic E-state index is 0. The van der Waals surface area contributed by atoms with E-state index in [0.29, 0.717) is 11.8 Å². The Morgan fingerprint density at radius 2 is 1.79 bits per heavy atom. The maximum atomic E-state index is 12.1. The molecule has 1 amide bonds. The second kappa shape index (κ2) is 8.11. The van der Waals surface area contributed by atoms with Gasteiger partial charge in [0.05, 0.1) is 0 Å². The first kappa shape index (κ1) is 16.8. The lowest BCUT2D eigenvalue weighted by molar-refractivity contribution is -0.133. The molecular formula is C15H29ClN2O. The first-order valence-electron chi connectivity index (χ1n) is 7.70. The van der Waals surface area contributed by atoms with Gasteiger partial charge in [0.25, 0.3) is 0 Å². The Balaban J connectivity index is 0.00000180. The minimum atomic E-state index is 0. The van der Waals surface area contributed by atoms with E-state index in [-0.39, 0.29) is 18.4 Å². The number of nitrogens with two attached hydrogens (primary N) is 1. The normalized spacial score (nSPS) is 23.2. The molecule has 0 aromatic carbocycles. The van der Waals surface area contributed by atoms with E-state index in [1.807, 2.05) is 0 Å². The predicted molar refractivity (Wildman–Crippen MR) is 81.4 cm³/mol. The van der Waals surface area contributed by atoms with Crippen LogP contribution in [0, 0.1) is 11.8 Å². The lowest BCUT2D eigenvalue weighted by Crippen LogP contribution is -2.42. The largest absolute Gasteiger partial charge is 0.343 e. The molecular weight excluding hydrogens is 260 g/mol. The Labute approximate surface area is 123 Å². The third-order valence-electron chi connectivity index (χ3n) is 4.88. The van der Waals surface area contributed by atoms with E-state index in [2.05, 4.69) is 11.8 Å². The third-order valence-corrected chi connectivity index (χ3v) is 4.88. The van der Waals surface area contributed by atoms with E-state index in [9.17, 15) is 4.79 Å². The van der Waals surface area contributed by atoms with E-state index in [4.69, 9.17) is 5.73 Å². The van der Waals surface area contributed by atoms with Gasteiger partial charge < -0.3 is 10.6 Å². The fraction of sp³-hybridized carbons (Fsp3) is 0.933. The second-order valence-corrected chi connectivity index (χ2v) is 6.27. The molecule has 1 aliphatic heterocycles. The third kappa shape index (κ3) is 4.96. The van der Waals surface area contributed by atoms with Gasteiger partial charge in [0.15, 0.2) is 0 Å². The van der Waals surface area contributed by atoms with Crippen molar-refractivity contribution in [2.24, 2.45) is 17.6 Å². The van der Waals surface area contributed by atoms with Crippen molar-refractivity contribution in [2.75, 3.05) is 13.1 Å². The Bertz CT molecular complexity index is 269. The van der Waals surface area contributed by atoms with Crippen molar-refractivity contribution in [1.29, 1.82) is 0 Å². The molecule has 112 valence electrons. The van der Waals surface area contributed by atoms with Crippen LogP contribution in [0.1, 0.15) is 58.3 Å². The Hall–Kier alpha value is -0.280. The Morgan fingerprint density at radius 1 is 1.21 bits per heavy atom. The molecule has 2 fully saturated rings. The molecule has 1 heterocycles. The Morgan fingerprint density at radius 3 is 2.32 bits per heavy atom. The molecule has 1 saturated carbocycles. The maximum absolute atomic E-state index is 12.1. The molecule has 0 radical (unpaired) electrons. The van der Waals surface area contributed by atoms with Crippen molar-refractivity contribution in [3.8, 4) is 0 Å². The number of likely N-dealkylation sites (tertiary alicyclic amines) is 1. The van der Waals surface area contributed by atoms with Crippen molar-refractivity contribution >= 4 is 18.3 Å². The predicted octanol–water partition coefficient (Wildman–Crippen LogP) is 2.96. The van der Waals surface area contributed by atoms with Crippen LogP contribution in [-0.2, 0) is 4.79 Å². The van der Waals surface area contributed by atoms with Gasteiger partial charge in [0.2, 0.25) is 5.91 Å². The van der Waals surface area contributed by atoms with Crippen LogP contribution in [0.15, 0.2) is 0 Å². The molecule has 1 unspecified atom stereocenters. The number of amides is 1. The summed E-state index contributed by atoms with van der Waals surface area (Å²) in [6.07, 6.45) is 9.51. The van der Waals surface area contributed by atoms with Crippen LogP contribution in [-0.4, -0.2) is 29.9 Å². The van der Waals surface area contributed by atoms with Crippen LogP contribution in [0.25, 0.3) is 0 Å². The van der Waals surface area contributed by atoms with Crippen LogP contribution >= 0.6 is 12.4 Å². The summed E-state index contributed by atoms with van der Waals surface area (Å²) in [5.74, 6) is 1.82. The number of hydrogen-bond acceptors (Lipinski definition) is 2. The van der Waals surface area contributed by atoms with Gasteiger partial charge in [-0.3, -0.25) is 4.79 Å². The molecule has 3 nitrogen and oxygen atoms in total. The Kier molecular flexibility index (Phi) is 7.16. The zero-order valence-electron chi connectivity index (χ0n) is 12.1. The van der Waals surface area contributed by atoms with Gasteiger partial charge in [-0.2, -0.15) is 0 Å². The monoisotopic (exact) mass is 288 g/mol. The van der Waals surface area contributed by atoms with E-state index in [1.54, 1.807) is 0 Å². The van der Waals surface area contributed by atoms with Crippen LogP contribution in [0.3, 0.4) is 0 Å². The quantitative estimate of drug-likeness (QED) is 0.864. The highest BCUT2D eigenvalue weighted by molar-refractivity contribution is 5.85. The maximum Gasteiger partial charge on any atom is 0.222 e. The van der Waals surface area contributed by atoms with E-state index < -0.39 is 0 Å². The topological polar surface area (TPSA) is 46.3 Å². The summed E-state index contributed by atoms with van der Waals surface area (Å²) in [6, 6.07) is 0.278. The zero-order chi connectivity index (χ0) is 13.0. The van der Waals surface area contributed by atoms with E-state index >= 15 is 0 Å². The molecule has 1 atom stereocenters.